The molecule has 4 rings (SSSR count). The van der Waals surface area contributed by atoms with Gasteiger partial charge in [-0.1, -0.05) is 35.3 Å². The summed E-state index contributed by atoms with van der Waals surface area (Å²) in [6.07, 6.45) is 1.54. The van der Waals surface area contributed by atoms with Crippen molar-refractivity contribution in [2.45, 2.75) is 18.4 Å². The Labute approximate surface area is 236 Å². The second kappa shape index (κ2) is 11.5. The SMILES string of the molecule is CCOc1cc(/C=C2\SC(=O)N(Cc3cccc(Cl)c3)C2=O)cc(Br)c1OS(=O)(=O)c1ccc(Cl)cc1. The molecule has 1 fully saturated rings. The van der Waals surface area contributed by atoms with Gasteiger partial charge in [0.2, 0.25) is 0 Å². The van der Waals surface area contributed by atoms with Gasteiger partial charge in [0.15, 0.2) is 11.5 Å². The lowest BCUT2D eigenvalue weighted by molar-refractivity contribution is -0.123. The first-order valence-corrected chi connectivity index (χ1v) is 14.5. The number of hydrogen-bond acceptors (Lipinski definition) is 7. The number of nitrogens with zero attached hydrogens (tertiary/aromatic N) is 1. The number of benzene rings is 3. The van der Waals surface area contributed by atoms with Gasteiger partial charge in [-0.2, -0.15) is 8.42 Å². The van der Waals surface area contributed by atoms with Crippen LogP contribution >= 0.6 is 50.9 Å². The number of thioether (sulfide) groups is 1. The Morgan fingerprint density at radius 2 is 1.76 bits per heavy atom. The quantitative estimate of drug-likeness (QED) is 0.190. The van der Waals surface area contributed by atoms with Crippen molar-refractivity contribution in [3.05, 3.63) is 91.2 Å². The van der Waals surface area contributed by atoms with Gasteiger partial charge in [0.1, 0.15) is 4.90 Å². The van der Waals surface area contributed by atoms with Crippen molar-refractivity contribution in [3.63, 3.8) is 0 Å². The number of halogens is 3. The third-order valence-corrected chi connectivity index (χ3v) is 8.25. The van der Waals surface area contributed by atoms with E-state index in [4.69, 9.17) is 32.1 Å². The predicted molar refractivity (Wildman–Crippen MR) is 148 cm³/mol. The van der Waals surface area contributed by atoms with E-state index < -0.39 is 21.3 Å². The molecular formula is C25H18BrCl2NO6S2. The number of imide groups is 1. The summed E-state index contributed by atoms with van der Waals surface area (Å²) in [7, 11) is -4.19. The monoisotopic (exact) mass is 641 g/mol. The van der Waals surface area contributed by atoms with Crippen LogP contribution in [0.25, 0.3) is 6.08 Å². The highest BCUT2D eigenvalue weighted by atomic mass is 79.9. The smallest absolute Gasteiger partial charge is 0.339 e. The first-order valence-electron chi connectivity index (χ1n) is 10.7. The number of amides is 2. The normalized spacial score (nSPS) is 14.9. The van der Waals surface area contributed by atoms with Crippen LogP contribution in [-0.2, 0) is 21.5 Å². The molecule has 0 spiro atoms. The lowest BCUT2D eigenvalue weighted by Crippen LogP contribution is -2.27. The summed E-state index contributed by atoms with van der Waals surface area (Å²) >= 11 is 16.0. The summed E-state index contributed by atoms with van der Waals surface area (Å²) in [6.45, 7) is 2.05. The predicted octanol–water partition coefficient (Wildman–Crippen LogP) is 7.16. The fourth-order valence-electron chi connectivity index (χ4n) is 3.38. The number of rotatable bonds is 8. The minimum absolute atomic E-state index is 0.0528. The lowest BCUT2D eigenvalue weighted by atomic mass is 10.1. The fourth-order valence-corrected chi connectivity index (χ4v) is 6.16. The van der Waals surface area contributed by atoms with E-state index in [2.05, 4.69) is 15.9 Å². The molecule has 1 saturated heterocycles. The van der Waals surface area contributed by atoms with Gasteiger partial charge in [0.25, 0.3) is 11.1 Å². The van der Waals surface area contributed by atoms with Gasteiger partial charge in [0.05, 0.1) is 22.5 Å². The molecule has 192 valence electrons. The Kier molecular flexibility index (Phi) is 8.55. The number of ether oxygens (including phenoxy) is 1. The summed E-state index contributed by atoms with van der Waals surface area (Å²) in [5.41, 5.74) is 1.22. The van der Waals surface area contributed by atoms with Gasteiger partial charge in [-0.25, -0.2) is 0 Å². The van der Waals surface area contributed by atoms with Crippen LogP contribution in [0.4, 0.5) is 4.79 Å². The molecule has 0 unspecified atom stereocenters. The molecule has 0 N–H and O–H groups in total. The van der Waals surface area contributed by atoms with Crippen LogP contribution in [-0.4, -0.2) is 31.1 Å². The second-order valence-corrected chi connectivity index (χ2v) is 11.9. The Bertz CT molecular complexity index is 1510. The maximum atomic E-state index is 13.0. The van der Waals surface area contributed by atoms with E-state index in [-0.39, 0.29) is 38.9 Å². The van der Waals surface area contributed by atoms with E-state index in [0.717, 1.165) is 22.2 Å². The Balaban J connectivity index is 1.62. The van der Waals surface area contributed by atoms with Crippen LogP contribution in [0, 0.1) is 0 Å². The fraction of sp³-hybridized carbons (Fsp3) is 0.120. The molecule has 7 nitrogen and oxygen atoms in total. The molecule has 0 atom stereocenters. The molecule has 37 heavy (non-hydrogen) atoms. The molecule has 2 amide bonds. The molecule has 1 heterocycles. The van der Waals surface area contributed by atoms with E-state index in [1.54, 1.807) is 37.3 Å². The average Bonchev–Trinajstić information content (AvgIpc) is 3.09. The minimum Gasteiger partial charge on any atom is -0.490 e. The Morgan fingerprint density at radius 3 is 2.43 bits per heavy atom. The first-order chi connectivity index (χ1) is 17.6. The van der Waals surface area contributed by atoms with Crippen molar-refractivity contribution in [2.75, 3.05) is 6.61 Å². The van der Waals surface area contributed by atoms with Gasteiger partial charge >= 0.3 is 10.1 Å². The number of carbonyl (C=O) groups is 2. The topological polar surface area (TPSA) is 90.0 Å². The third kappa shape index (κ3) is 6.50. The lowest BCUT2D eigenvalue weighted by Gasteiger charge is -2.15. The van der Waals surface area contributed by atoms with Crippen LogP contribution in [0.5, 0.6) is 11.5 Å². The molecule has 0 aromatic heterocycles. The second-order valence-electron chi connectivity index (χ2n) is 7.65. The maximum absolute atomic E-state index is 13.0. The summed E-state index contributed by atoms with van der Waals surface area (Å²) in [6, 6.07) is 15.6. The van der Waals surface area contributed by atoms with Gasteiger partial charge in [0, 0.05) is 10.0 Å². The molecule has 0 radical (unpaired) electrons. The largest absolute Gasteiger partial charge is 0.490 e. The van der Waals surface area contributed by atoms with Gasteiger partial charge in [-0.3, -0.25) is 14.5 Å². The molecule has 0 aliphatic carbocycles. The minimum atomic E-state index is -4.19. The first kappa shape index (κ1) is 27.5. The van der Waals surface area contributed by atoms with Gasteiger partial charge < -0.3 is 8.92 Å². The zero-order chi connectivity index (χ0) is 26.7. The highest BCUT2D eigenvalue weighted by molar-refractivity contribution is 9.10. The molecule has 1 aliphatic heterocycles. The van der Waals surface area contributed by atoms with Crippen molar-refractivity contribution in [3.8, 4) is 11.5 Å². The summed E-state index contributed by atoms with van der Waals surface area (Å²) in [5, 5.41) is 0.486. The molecule has 1 aliphatic rings. The standard InChI is InChI=1S/C25H18BrCl2NO6S2/c1-2-34-21-12-16(11-20(26)23(21)35-37(32,33)19-8-6-17(27)7-9-19)13-22-24(30)29(25(31)36-22)14-15-4-3-5-18(28)10-15/h3-13H,2,14H2,1H3/b22-13-. The van der Waals surface area contributed by atoms with E-state index in [0.29, 0.717) is 15.6 Å². The summed E-state index contributed by atoms with van der Waals surface area (Å²) < 4.78 is 36.9. The highest BCUT2D eigenvalue weighted by Gasteiger charge is 2.35. The van der Waals surface area contributed by atoms with E-state index in [9.17, 15) is 18.0 Å². The van der Waals surface area contributed by atoms with Crippen LogP contribution in [0.2, 0.25) is 10.0 Å². The van der Waals surface area contributed by atoms with Crippen LogP contribution < -0.4 is 8.92 Å². The van der Waals surface area contributed by atoms with Crippen molar-refractivity contribution < 1.29 is 26.9 Å². The average molecular weight is 643 g/mol. The number of hydrogen-bond donors (Lipinski definition) is 0. The van der Waals surface area contributed by atoms with E-state index in [1.165, 1.54) is 36.4 Å². The van der Waals surface area contributed by atoms with Crippen LogP contribution in [0.1, 0.15) is 18.1 Å². The highest BCUT2D eigenvalue weighted by Crippen LogP contribution is 2.41. The molecule has 3 aromatic carbocycles. The van der Waals surface area contributed by atoms with E-state index in [1.807, 2.05) is 0 Å². The van der Waals surface area contributed by atoms with E-state index >= 15 is 0 Å². The molecular weight excluding hydrogens is 625 g/mol. The van der Waals surface area contributed by atoms with Crippen molar-refractivity contribution in [2.24, 2.45) is 0 Å². The molecule has 3 aromatic rings. The Hall–Kier alpha value is -2.50. The molecule has 12 heteroatoms. The van der Waals surface area contributed by atoms with Gasteiger partial charge in [-0.15, -0.1) is 0 Å². The summed E-state index contributed by atoms with van der Waals surface area (Å²) in [4.78, 5) is 26.8. The maximum Gasteiger partial charge on any atom is 0.339 e. The van der Waals surface area contributed by atoms with Crippen molar-refractivity contribution in [1.29, 1.82) is 0 Å². The van der Waals surface area contributed by atoms with Gasteiger partial charge in [-0.05, 0) is 100 Å². The van der Waals surface area contributed by atoms with Crippen LogP contribution in [0.15, 0.2) is 74.9 Å². The summed E-state index contributed by atoms with van der Waals surface area (Å²) in [5.74, 6) is -0.364. The third-order valence-electron chi connectivity index (χ3n) is 5.03. The molecule has 0 saturated carbocycles. The van der Waals surface area contributed by atoms with Crippen molar-refractivity contribution >= 4 is 78.2 Å². The van der Waals surface area contributed by atoms with Crippen molar-refractivity contribution in [1.82, 2.24) is 4.90 Å². The zero-order valence-electron chi connectivity index (χ0n) is 19.1. The molecule has 0 bridgehead atoms. The zero-order valence-corrected chi connectivity index (χ0v) is 23.8. The number of carbonyl (C=O) groups excluding carboxylic acids is 2. The Morgan fingerprint density at radius 1 is 1.03 bits per heavy atom. The van der Waals surface area contributed by atoms with Crippen LogP contribution in [0.3, 0.4) is 0 Å².